The maximum Gasteiger partial charge on any atom is 0.490 e. The van der Waals surface area contributed by atoms with E-state index in [1.54, 1.807) is 6.20 Å². The lowest BCUT2D eigenvalue weighted by molar-refractivity contribution is -0.192. The summed E-state index contributed by atoms with van der Waals surface area (Å²) in [5.74, 6) is -1.14. The lowest BCUT2D eigenvalue weighted by Gasteiger charge is -2.50. The first kappa shape index (κ1) is 22.9. The minimum atomic E-state index is -5.08. The molecule has 0 aromatic carbocycles. The number of hydrogen-bond donors (Lipinski definition) is 1. The van der Waals surface area contributed by atoms with Crippen molar-refractivity contribution in [1.29, 1.82) is 0 Å². The van der Waals surface area contributed by atoms with Crippen molar-refractivity contribution >= 4 is 11.9 Å². The molecule has 2 saturated heterocycles. The molecule has 1 aromatic rings. The molecule has 0 saturated carbocycles. The maximum absolute atomic E-state index is 12.1. The van der Waals surface area contributed by atoms with Crippen LogP contribution in [0.3, 0.4) is 0 Å². The van der Waals surface area contributed by atoms with Gasteiger partial charge in [-0.3, -0.25) is 4.79 Å². The highest BCUT2D eigenvalue weighted by Gasteiger charge is 2.54. The Balaban J connectivity index is 0.000000370. The number of aromatic nitrogens is 1. The van der Waals surface area contributed by atoms with Gasteiger partial charge in [-0.05, 0) is 18.4 Å². The summed E-state index contributed by atoms with van der Waals surface area (Å²) in [6.07, 6.45) is -1.75. The van der Waals surface area contributed by atoms with E-state index in [0.717, 1.165) is 13.0 Å². The molecule has 1 spiro atoms. The van der Waals surface area contributed by atoms with Crippen LogP contribution in [0.1, 0.15) is 26.7 Å². The molecule has 3 rings (SSSR count). The van der Waals surface area contributed by atoms with Crippen LogP contribution in [0, 0.1) is 11.8 Å². The monoisotopic (exact) mass is 418 g/mol. The summed E-state index contributed by atoms with van der Waals surface area (Å²) < 4.78 is 43.5. The van der Waals surface area contributed by atoms with E-state index in [4.69, 9.17) is 19.4 Å². The molecule has 7 nitrogen and oxygen atoms in total. The summed E-state index contributed by atoms with van der Waals surface area (Å²) in [6.45, 7) is 6.90. The van der Waals surface area contributed by atoms with E-state index in [-0.39, 0.29) is 11.5 Å². The Hall–Kier alpha value is -2.36. The molecule has 3 heterocycles. The number of halogens is 3. The average Bonchev–Trinajstić information content (AvgIpc) is 3.02. The fraction of sp³-hybridized carbons (Fsp3) is 0.632. The number of rotatable bonds is 5. The molecule has 0 radical (unpaired) electrons. The lowest BCUT2D eigenvalue weighted by Crippen LogP contribution is -2.66. The molecule has 1 N–H and O–H groups in total. The summed E-state index contributed by atoms with van der Waals surface area (Å²) in [6, 6.07) is 5.65. The average molecular weight is 418 g/mol. The predicted molar refractivity (Wildman–Crippen MR) is 96.2 cm³/mol. The number of aliphatic carboxylic acids is 1. The number of likely N-dealkylation sites (tertiary alicyclic amines) is 1. The van der Waals surface area contributed by atoms with Crippen LogP contribution in [0.5, 0.6) is 5.88 Å². The quantitative estimate of drug-likeness (QED) is 0.791. The molecule has 0 aliphatic carbocycles. The minimum absolute atomic E-state index is 0.193. The molecule has 1 aromatic heterocycles. The van der Waals surface area contributed by atoms with E-state index in [9.17, 15) is 18.0 Å². The van der Waals surface area contributed by atoms with Crippen molar-refractivity contribution in [2.24, 2.45) is 11.8 Å². The van der Waals surface area contributed by atoms with Crippen LogP contribution in [0.2, 0.25) is 0 Å². The SMILES string of the molecule is CC(C)CC(=O)N1CC2(C1)OCCC2COc1ccccn1.O=C(O)C(F)(F)F. The van der Waals surface area contributed by atoms with Crippen molar-refractivity contribution in [1.82, 2.24) is 9.88 Å². The summed E-state index contributed by atoms with van der Waals surface area (Å²) in [5, 5.41) is 7.12. The van der Waals surface area contributed by atoms with Gasteiger partial charge >= 0.3 is 12.1 Å². The number of carbonyl (C=O) groups excluding carboxylic acids is 1. The molecular formula is C19H25F3N2O5. The van der Waals surface area contributed by atoms with Gasteiger partial charge in [0, 0.05) is 31.2 Å². The highest BCUT2D eigenvalue weighted by atomic mass is 19.4. The van der Waals surface area contributed by atoms with Crippen LogP contribution >= 0.6 is 0 Å². The zero-order valence-electron chi connectivity index (χ0n) is 16.3. The standard InChI is InChI=1S/C17H24N2O3.C2HF3O2/c1-13(2)9-16(20)19-11-17(12-19)14(6-8-22-17)10-21-15-5-3-4-7-18-15;3-2(4,5)1(6)7/h3-5,7,13-14H,6,8-12H2,1-2H3;(H,6,7). The molecule has 0 bridgehead atoms. The van der Waals surface area contributed by atoms with Gasteiger partial charge in [0.25, 0.3) is 0 Å². The van der Waals surface area contributed by atoms with E-state index in [0.29, 0.717) is 43.8 Å². The van der Waals surface area contributed by atoms with E-state index in [1.807, 2.05) is 23.1 Å². The summed E-state index contributed by atoms with van der Waals surface area (Å²) in [4.78, 5) is 27.1. The van der Waals surface area contributed by atoms with E-state index in [2.05, 4.69) is 18.8 Å². The highest BCUT2D eigenvalue weighted by molar-refractivity contribution is 5.77. The van der Waals surface area contributed by atoms with Gasteiger partial charge in [0.15, 0.2) is 0 Å². The van der Waals surface area contributed by atoms with Gasteiger partial charge in [-0.2, -0.15) is 13.2 Å². The first-order chi connectivity index (χ1) is 13.5. The minimum Gasteiger partial charge on any atom is -0.477 e. The summed E-state index contributed by atoms with van der Waals surface area (Å²) in [7, 11) is 0. The molecule has 1 amide bonds. The number of alkyl halides is 3. The second-order valence-electron chi connectivity index (χ2n) is 7.53. The zero-order chi connectivity index (χ0) is 21.7. The van der Waals surface area contributed by atoms with E-state index < -0.39 is 12.1 Å². The van der Waals surface area contributed by atoms with Crippen LogP contribution in [-0.4, -0.2) is 64.9 Å². The number of nitrogens with zero attached hydrogens (tertiary/aromatic N) is 2. The maximum atomic E-state index is 12.1. The number of hydrogen-bond acceptors (Lipinski definition) is 5. The van der Waals surface area contributed by atoms with Gasteiger partial charge in [-0.1, -0.05) is 19.9 Å². The summed E-state index contributed by atoms with van der Waals surface area (Å²) >= 11 is 0. The number of ether oxygens (including phenoxy) is 2. The van der Waals surface area contributed by atoms with Gasteiger partial charge in [0.1, 0.15) is 5.60 Å². The van der Waals surface area contributed by atoms with Gasteiger partial charge in [-0.15, -0.1) is 0 Å². The third-order valence-electron chi connectivity index (χ3n) is 4.77. The Bertz CT molecular complexity index is 691. The van der Waals surface area contributed by atoms with Crippen LogP contribution in [0.25, 0.3) is 0 Å². The van der Waals surface area contributed by atoms with Crippen molar-refractivity contribution in [3.63, 3.8) is 0 Å². The van der Waals surface area contributed by atoms with E-state index in [1.165, 1.54) is 0 Å². The number of carbonyl (C=O) groups is 2. The van der Waals surface area contributed by atoms with Crippen molar-refractivity contribution in [2.75, 3.05) is 26.3 Å². The molecule has 1 unspecified atom stereocenters. The molecule has 2 aliphatic rings. The topological polar surface area (TPSA) is 89.0 Å². The van der Waals surface area contributed by atoms with Crippen molar-refractivity contribution in [3.8, 4) is 5.88 Å². The fourth-order valence-corrected chi connectivity index (χ4v) is 3.24. The Morgan fingerprint density at radius 3 is 2.55 bits per heavy atom. The Labute approximate surface area is 166 Å². The Morgan fingerprint density at radius 2 is 2.03 bits per heavy atom. The normalized spacial score (nSPS) is 20.1. The van der Waals surface area contributed by atoms with Crippen LogP contribution in [-0.2, 0) is 14.3 Å². The molecule has 2 fully saturated rings. The third kappa shape index (κ3) is 6.31. The molecule has 10 heteroatoms. The molecule has 1 atom stereocenters. The fourth-order valence-electron chi connectivity index (χ4n) is 3.24. The largest absolute Gasteiger partial charge is 0.490 e. The smallest absolute Gasteiger partial charge is 0.477 e. The second kappa shape index (κ2) is 9.43. The zero-order valence-corrected chi connectivity index (χ0v) is 16.3. The van der Waals surface area contributed by atoms with Crippen LogP contribution in [0.15, 0.2) is 24.4 Å². The molecule has 2 aliphatic heterocycles. The molecule has 162 valence electrons. The van der Waals surface area contributed by atoms with Crippen molar-refractivity contribution in [2.45, 2.75) is 38.5 Å². The predicted octanol–water partition coefficient (Wildman–Crippen LogP) is 2.76. The number of carboxylic acids is 1. The highest BCUT2D eigenvalue weighted by Crippen LogP contribution is 2.40. The number of amides is 1. The van der Waals surface area contributed by atoms with Gasteiger partial charge < -0.3 is 19.5 Å². The Morgan fingerprint density at radius 1 is 1.38 bits per heavy atom. The van der Waals surface area contributed by atoms with Gasteiger partial charge in [0.2, 0.25) is 11.8 Å². The Kier molecular flexibility index (Phi) is 7.45. The van der Waals surface area contributed by atoms with Crippen molar-refractivity contribution < 1.29 is 37.3 Å². The molecule has 29 heavy (non-hydrogen) atoms. The van der Waals surface area contributed by atoms with E-state index >= 15 is 0 Å². The van der Waals surface area contributed by atoms with Crippen molar-refractivity contribution in [3.05, 3.63) is 24.4 Å². The van der Waals surface area contributed by atoms with Gasteiger partial charge in [0.05, 0.1) is 19.7 Å². The molecular weight excluding hydrogens is 393 g/mol. The lowest BCUT2D eigenvalue weighted by atomic mass is 9.81. The number of carboxylic acid groups (broad SMARTS) is 1. The first-order valence-electron chi connectivity index (χ1n) is 9.29. The third-order valence-corrected chi connectivity index (χ3v) is 4.77. The van der Waals surface area contributed by atoms with Gasteiger partial charge in [-0.25, -0.2) is 9.78 Å². The van der Waals surface area contributed by atoms with Crippen LogP contribution in [0.4, 0.5) is 13.2 Å². The van der Waals surface area contributed by atoms with Crippen LogP contribution < -0.4 is 4.74 Å². The summed E-state index contributed by atoms with van der Waals surface area (Å²) in [5.41, 5.74) is -0.193. The number of pyridine rings is 1. The first-order valence-corrected chi connectivity index (χ1v) is 9.29. The second-order valence-corrected chi connectivity index (χ2v) is 7.53.